The number of benzene rings is 4. The average molecular weight is 680 g/mol. The number of unbranched alkanes of at least 4 members (excludes halogenated alkanes) is 2. The maximum Gasteiger partial charge on any atom is 0.337 e. The van der Waals surface area contributed by atoms with Gasteiger partial charge < -0.3 is 19.3 Å². The van der Waals surface area contributed by atoms with Crippen molar-refractivity contribution in [2.45, 2.75) is 25.7 Å². The second kappa shape index (κ2) is 21.1. The van der Waals surface area contributed by atoms with Gasteiger partial charge in [-0.1, -0.05) is 0 Å². The zero-order valence-electron chi connectivity index (χ0n) is 25.9. The number of nitrogens with zero attached hydrogens (tertiary/aromatic N) is 4. The Morgan fingerprint density at radius 3 is 1.21 bits per heavy atom. The molecule has 10 nitrogen and oxygen atoms in total. The Kier molecular flexibility index (Phi) is 16.4. The number of carbonyl (C=O) groups is 2. The van der Waals surface area contributed by atoms with E-state index >= 15 is 0 Å². The number of carbonyl (C=O) groups excluding carboxylic acids is 1. The van der Waals surface area contributed by atoms with Crippen LogP contribution in [-0.4, -0.2) is 49.1 Å². The van der Waals surface area contributed by atoms with Crippen LogP contribution >= 0.6 is 23.2 Å². The lowest BCUT2D eigenvalue weighted by molar-refractivity contribution is 0.0599. The van der Waals surface area contributed by atoms with Crippen LogP contribution < -0.4 is 9.47 Å². The van der Waals surface area contributed by atoms with Crippen molar-refractivity contribution in [1.29, 1.82) is 0 Å². The molecule has 0 aliphatic carbocycles. The van der Waals surface area contributed by atoms with Gasteiger partial charge in [0.25, 0.3) is 0 Å². The summed E-state index contributed by atoms with van der Waals surface area (Å²) in [5, 5.41) is 25.3. The molecule has 0 saturated heterocycles. The number of halogens is 2. The zero-order chi connectivity index (χ0) is 33.7. The van der Waals surface area contributed by atoms with Gasteiger partial charge in [-0.3, -0.25) is 0 Å². The smallest absolute Gasteiger partial charge is 0.337 e. The lowest BCUT2D eigenvalue weighted by atomic mass is 10.2. The number of rotatable bonds is 16. The van der Waals surface area contributed by atoms with Gasteiger partial charge in [0.2, 0.25) is 0 Å². The van der Waals surface area contributed by atoms with Crippen LogP contribution in [0, 0.1) is 0 Å². The summed E-state index contributed by atoms with van der Waals surface area (Å²) in [6.45, 7) is 1.30. The van der Waals surface area contributed by atoms with E-state index in [-0.39, 0.29) is 11.5 Å². The molecule has 47 heavy (non-hydrogen) atoms. The highest BCUT2D eigenvalue weighted by Gasteiger charge is 2.04. The van der Waals surface area contributed by atoms with Crippen molar-refractivity contribution in [3.05, 3.63) is 108 Å². The first-order chi connectivity index (χ1) is 22.9. The van der Waals surface area contributed by atoms with Crippen molar-refractivity contribution >= 4 is 57.9 Å². The fourth-order valence-electron chi connectivity index (χ4n) is 3.67. The molecule has 0 spiro atoms. The Balaban J connectivity index is 0.000000256. The van der Waals surface area contributed by atoms with Gasteiger partial charge in [-0.2, -0.15) is 20.5 Å². The van der Waals surface area contributed by atoms with E-state index in [0.29, 0.717) is 47.6 Å². The minimum absolute atomic E-state index is 0.222. The van der Waals surface area contributed by atoms with E-state index in [0.717, 1.165) is 42.9 Å². The molecule has 0 aliphatic heterocycles. The fraction of sp³-hybridized carbons (Fsp3) is 0.257. The van der Waals surface area contributed by atoms with E-state index in [2.05, 4.69) is 25.2 Å². The third-order valence-electron chi connectivity index (χ3n) is 6.23. The van der Waals surface area contributed by atoms with Gasteiger partial charge in [0.1, 0.15) is 11.5 Å². The minimum atomic E-state index is -0.963. The number of azo groups is 2. The van der Waals surface area contributed by atoms with Crippen molar-refractivity contribution in [3.63, 3.8) is 0 Å². The standard InChI is InChI=1S/C18H19ClN2O3.C17H17ClN2O3/c1-23-18(22)14-4-6-15(7-5-14)20-21-16-8-10-17(11-9-16)24-13-3-2-12-19;18-11-1-2-12-23-16-9-7-15(8-10-16)20-19-14-5-3-13(4-6-14)17(21)22/h4-11H,2-3,12-13H2,1H3;3-10H,1-2,11-12H2,(H,21,22). The van der Waals surface area contributed by atoms with E-state index in [1.54, 1.807) is 36.4 Å². The highest BCUT2D eigenvalue weighted by molar-refractivity contribution is 6.18. The summed E-state index contributed by atoms with van der Waals surface area (Å²) in [4.78, 5) is 22.1. The molecule has 0 unspecified atom stereocenters. The average Bonchev–Trinajstić information content (AvgIpc) is 3.11. The van der Waals surface area contributed by atoms with Crippen molar-refractivity contribution < 1.29 is 28.9 Å². The second-order valence-corrected chi connectivity index (χ2v) is 10.5. The molecule has 0 atom stereocenters. The van der Waals surface area contributed by atoms with E-state index in [1.807, 2.05) is 48.5 Å². The van der Waals surface area contributed by atoms with E-state index in [1.165, 1.54) is 19.2 Å². The molecule has 4 rings (SSSR count). The summed E-state index contributed by atoms with van der Waals surface area (Å²) < 4.78 is 15.8. The van der Waals surface area contributed by atoms with Crippen LogP contribution in [0.25, 0.3) is 0 Å². The van der Waals surface area contributed by atoms with Crippen molar-refractivity contribution in [2.75, 3.05) is 32.1 Å². The number of carboxylic acid groups (broad SMARTS) is 1. The molecule has 246 valence electrons. The summed E-state index contributed by atoms with van der Waals surface area (Å²) in [7, 11) is 1.35. The van der Waals surface area contributed by atoms with Crippen molar-refractivity contribution in [1.82, 2.24) is 0 Å². The molecule has 0 heterocycles. The van der Waals surface area contributed by atoms with Crippen LogP contribution in [0.15, 0.2) is 118 Å². The number of methoxy groups -OCH3 is 1. The summed E-state index contributed by atoms with van der Waals surface area (Å²) in [5.41, 5.74) is 3.37. The maximum absolute atomic E-state index is 11.4. The normalized spacial score (nSPS) is 10.8. The van der Waals surface area contributed by atoms with Gasteiger partial charge in [0.05, 0.1) is 54.2 Å². The maximum atomic E-state index is 11.4. The largest absolute Gasteiger partial charge is 0.494 e. The fourth-order valence-corrected chi connectivity index (χ4v) is 4.05. The summed E-state index contributed by atoms with van der Waals surface area (Å²) >= 11 is 11.2. The molecule has 4 aromatic carbocycles. The highest BCUT2D eigenvalue weighted by atomic mass is 35.5. The Morgan fingerprint density at radius 2 is 0.894 bits per heavy atom. The number of ether oxygens (including phenoxy) is 3. The predicted molar refractivity (Wildman–Crippen MR) is 183 cm³/mol. The molecular weight excluding hydrogens is 643 g/mol. The van der Waals surface area contributed by atoms with Gasteiger partial charge in [-0.05, 0) is 123 Å². The number of carboxylic acids is 1. The molecule has 0 aliphatic rings. The minimum Gasteiger partial charge on any atom is -0.494 e. The molecule has 0 radical (unpaired) electrons. The predicted octanol–water partition coefficient (Wildman–Crippen LogP) is 10.5. The number of alkyl halides is 2. The molecule has 0 bridgehead atoms. The lowest BCUT2D eigenvalue weighted by Gasteiger charge is -2.05. The third kappa shape index (κ3) is 14.0. The Bertz CT molecular complexity index is 1560. The SMILES string of the molecule is COC(=O)c1ccc(N=Nc2ccc(OCCCCCl)cc2)cc1.O=C(O)c1ccc(N=Nc2ccc(OCCCCCl)cc2)cc1. The number of hydrogen-bond donors (Lipinski definition) is 1. The summed E-state index contributed by atoms with van der Waals surface area (Å²) in [6.07, 6.45) is 3.75. The van der Waals surface area contributed by atoms with Crippen molar-refractivity contribution in [2.24, 2.45) is 20.5 Å². The van der Waals surface area contributed by atoms with Gasteiger partial charge >= 0.3 is 11.9 Å². The lowest BCUT2D eigenvalue weighted by Crippen LogP contribution is -1.99. The topological polar surface area (TPSA) is 132 Å². The molecule has 0 aromatic heterocycles. The Morgan fingerprint density at radius 1 is 0.553 bits per heavy atom. The van der Waals surface area contributed by atoms with E-state index in [9.17, 15) is 9.59 Å². The number of hydrogen-bond acceptors (Lipinski definition) is 9. The first-order valence-electron chi connectivity index (χ1n) is 14.8. The van der Waals surface area contributed by atoms with Gasteiger partial charge in [-0.25, -0.2) is 9.59 Å². The summed E-state index contributed by atoms with van der Waals surface area (Å²) in [5.74, 6) is 1.55. The monoisotopic (exact) mass is 678 g/mol. The Labute approximate surface area is 284 Å². The molecule has 12 heteroatoms. The van der Waals surface area contributed by atoms with Crippen LogP contribution in [-0.2, 0) is 4.74 Å². The first kappa shape index (κ1) is 36.7. The molecule has 1 N–H and O–H groups in total. The van der Waals surface area contributed by atoms with E-state index in [4.69, 9.17) is 37.8 Å². The Hall–Kier alpha value is -4.80. The van der Waals surface area contributed by atoms with Crippen LogP contribution in [0.2, 0.25) is 0 Å². The third-order valence-corrected chi connectivity index (χ3v) is 6.77. The molecule has 0 saturated carbocycles. The zero-order valence-corrected chi connectivity index (χ0v) is 27.4. The molecule has 4 aromatic rings. The van der Waals surface area contributed by atoms with Crippen LogP contribution in [0.4, 0.5) is 22.7 Å². The van der Waals surface area contributed by atoms with Gasteiger partial charge in [0.15, 0.2) is 0 Å². The molecule has 0 fully saturated rings. The van der Waals surface area contributed by atoms with E-state index < -0.39 is 5.97 Å². The first-order valence-corrected chi connectivity index (χ1v) is 15.9. The quantitative estimate of drug-likeness (QED) is 0.0542. The van der Waals surface area contributed by atoms with Gasteiger partial charge in [0, 0.05) is 11.8 Å². The molecular formula is C35H36Cl2N4O6. The van der Waals surface area contributed by atoms with Gasteiger partial charge in [-0.15, -0.1) is 23.2 Å². The van der Waals surface area contributed by atoms with Crippen LogP contribution in [0.5, 0.6) is 11.5 Å². The van der Waals surface area contributed by atoms with Crippen molar-refractivity contribution in [3.8, 4) is 11.5 Å². The molecule has 0 amide bonds. The van der Waals surface area contributed by atoms with Crippen LogP contribution in [0.1, 0.15) is 46.4 Å². The number of aromatic carboxylic acids is 1. The number of esters is 1. The summed E-state index contributed by atoms with van der Waals surface area (Å²) in [6, 6.07) is 27.6. The van der Waals surface area contributed by atoms with Crippen LogP contribution in [0.3, 0.4) is 0 Å². The second-order valence-electron chi connectivity index (χ2n) is 9.77. The highest BCUT2D eigenvalue weighted by Crippen LogP contribution is 2.23.